The van der Waals surface area contributed by atoms with Crippen molar-refractivity contribution in [1.82, 2.24) is 0 Å². The Morgan fingerprint density at radius 2 is 1.80 bits per heavy atom. The standard InChI is InChI=1S/C16H22O3Se/c1-11-16(5,20-12-9-7-6-8-10-12)13(17)19-14(18-11)15(2,3)4/h6-11,14H,1-5H3/t11-,14-,16?/m1/s1. The molecule has 0 saturated carbocycles. The van der Waals surface area contributed by atoms with Gasteiger partial charge in [-0.2, -0.15) is 0 Å². The normalized spacial score (nSPS) is 30.9. The average molecular weight is 341 g/mol. The molecule has 0 N–H and O–H groups in total. The van der Waals surface area contributed by atoms with E-state index in [1.807, 2.05) is 52.8 Å². The fourth-order valence-corrected chi connectivity index (χ4v) is 4.35. The Balaban J connectivity index is 2.18. The molecular formula is C16H22O3Se. The maximum absolute atomic E-state index is 12.5. The number of carbonyl (C=O) groups is 1. The van der Waals surface area contributed by atoms with Gasteiger partial charge in [-0.15, -0.1) is 0 Å². The van der Waals surface area contributed by atoms with E-state index in [0.717, 1.165) is 0 Å². The molecule has 3 nitrogen and oxygen atoms in total. The van der Waals surface area contributed by atoms with E-state index in [1.165, 1.54) is 4.46 Å². The molecule has 1 unspecified atom stereocenters. The van der Waals surface area contributed by atoms with Gasteiger partial charge in [-0.25, -0.2) is 0 Å². The summed E-state index contributed by atoms with van der Waals surface area (Å²) in [4.78, 5) is 12.5. The molecule has 3 atom stereocenters. The molecule has 1 aromatic carbocycles. The van der Waals surface area contributed by atoms with E-state index < -0.39 is 10.6 Å². The molecule has 0 amide bonds. The quantitative estimate of drug-likeness (QED) is 0.613. The van der Waals surface area contributed by atoms with Crippen LogP contribution in [-0.4, -0.2) is 33.3 Å². The summed E-state index contributed by atoms with van der Waals surface area (Å²) in [7, 11) is 0. The van der Waals surface area contributed by atoms with Crippen molar-refractivity contribution in [1.29, 1.82) is 0 Å². The number of carbonyl (C=O) groups excluding carboxylic acids is 1. The van der Waals surface area contributed by atoms with Crippen LogP contribution in [0.4, 0.5) is 0 Å². The molecule has 1 heterocycles. The van der Waals surface area contributed by atoms with E-state index in [0.29, 0.717) is 0 Å². The summed E-state index contributed by atoms with van der Waals surface area (Å²) in [5.74, 6) is -0.139. The third-order valence-electron chi connectivity index (χ3n) is 3.50. The second-order valence-corrected chi connectivity index (χ2v) is 9.60. The van der Waals surface area contributed by atoms with E-state index in [9.17, 15) is 4.79 Å². The van der Waals surface area contributed by atoms with Gasteiger partial charge >= 0.3 is 127 Å². The van der Waals surface area contributed by atoms with Crippen LogP contribution in [-0.2, 0) is 14.3 Å². The van der Waals surface area contributed by atoms with E-state index in [4.69, 9.17) is 9.47 Å². The number of hydrogen-bond donors (Lipinski definition) is 0. The van der Waals surface area contributed by atoms with Gasteiger partial charge in [0.25, 0.3) is 0 Å². The molecule has 1 aliphatic heterocycles. The Morgan fingerprint density at radius 1 is 1.20 bits per heavy atom. The van der Waals surface area contributed by atoms with Crippen molar-refractivity contribution >= 4 is 25.4 Å². The summed E-state index contributed by atoms with van der Waals surface area (Å²) in [6.07, 6.45) is -0.613. The number of benzene rings is 1. The van der Waals surface area contributed by atoms with Gasteiger partial charge in [0, 0.05) is 0 Å². The number of esters is 1. The van der Waals surface area contributed by atoms with Crippen LogP contribution in [0.3, 0.4) is 0 Å². The predicted octanol–water partition coefficient (Wildman–Crippen LogP) is 2.53. The van der Waals surface area contributed by atoms with Crippen LogP contribution in [0.2, 0.25) is 4.31 Å². The summed E-state index contributed by atoms with van der Waals surface area (Å²) >= 11 is -0.0202. The molecule has 1 aromatic rings. The van der Waals surface area contributed by atoms with Gasteiger partial charge in [0.2, 0.25) is 0 Å². The fourth-order valence-electron chi connectivity index (χ4n) is 1.96. The van der Waals surface area contributed by atoms with Crippen molar-refractivity contribution in [3.63, 3.8) is 0 Å². The topological polar surface area (TPSA) is 35.5 Å². The van der Waals surface area contributed by atoms with Crippen LogP contribution in [0, 0.1) is 5.41 Å². The predicted molar refractivity (Wildman–Crippen MR) is 80.1 cm³/mol. The molecule has 2 rings (SSSR count). The summed E-state index contributed by atoms with van der Waals surface area (Å²) < 4.78 is 12.2. The first-order chi connectivity index (χ1) is 9.23. The van der Waals surface area contributed by atoms with Crippen molar-refractivity contribution in [3.05, 3.63) is 30.3 Å². The van der Waals surface area contributed by atoms with Crippen molar-refractivity contribution in [2.24, 2.45) is 5.41 Å². The van der Waals surface area contributed by atoms with Crippen molar-refractivity contribution in [3.8, 4) is 0 Å². The number of cyclic esters (lactones) is 1. The van der Waals surface area contributed by atoms with E-state index >= 15 is 0 Å². The third kappa shape index (κ3) is 3.08. The summed E-state index contributed by atoms with van der Waals surface area (Å²) in [5, 5.41) is 0. The van der Waals surface area contributed by atoms with Crippen LogP contribution < -0.4 is 4.46 Å². The van der Waals surface area contributed by atoms with Gasteiger partial charge in [-0.1, -0.05) is 0 Å². The molecule has 0 radical (unpaired) electrons. The molecule has 1 aliphatic rings. The number of hydrogen-bond acceptors (Lipinski definition) is 3. The van der Waals surface area contributed by atoms with Gasteiger partial charge in [0.05, 0.1) is 0 Å². The van der Waals surface area contributed by atoms with Gasteiger partial charge in [0.15, 0.2) is 0 Å². The minimum absolute atomic E-state index is 0.0202. The van der Waals surface area contributed by atoms with E-state index in [2.05, 4.69) is 12.1 Å². The minimum atomic E-state index is -0.573. The summed E-state index contributed by atoms with van der Waals surface area (Å²) in [5.41, 5.74) is -0.203. The molecule has 0 aromatic heterocycles. The summed E-state index contributed by atoms with van der Waals surface area (Å²) in [6, 6.07) is 10.1. The second kappa shape index (κ2) is 5.51. The van der Waals surface area contributed by atoms with Crippen LogP contribution >= 0.6 is 0 Å². The second-order valence-electron chi connectivity index (χ2n) is 6.40. The molecule has 0 bridgehead atoms. The van der Waals surface area contributed by atoms with Gasteiger partial charge < -0.3 is 0 Å². The number of rotatable bonds is 2. The average Bonchev–Trinajstić information content (AvgIpc) is 2.36. The first-order valence-corrected chi connectivity index (χ1v) is 8.55. The van der Waals surface area contributed by atoms with Crippen LogP contribution in [0.1, 0.15) is 34.6 Å². The molecule has 0 spiro atoms. The summed E-state index contributed by atoms with van der Waals surface area (Å²) in [6.45, 7) is 9.98. The van der Waals surface area contributed by atoms with Crippen molar-refractivity contribution in [2.45, 2.75) is 51.3 Å². The van der Waals surface area contributed by atoms with Gasteiger partial charge in [0.1, 0.15) is 0 Å². The zero-order chi connectivity index (χ0) is 15.0. The SMILES string of the molecule is C[C@H]1O[C@@H](C(C)(C)C)OC(=O)C1(C)[Se]c1ccccc1. The molecule has 20 heavy (non-hydrogen) atoms. The first kappa shape index (κ1) is 15.6. The van der Waals surface area contributed by atoms with Crippen LogP contribution in [0.25, 0.3) is 0 Å². The van der Waals surface area contributed by atoms with E-state index in [-0.39, 0.29) is 32.4 Å². The Morgan fingerprint density at radius 3 is 2.30 bits per heavy atom. The molecule has 110 valence electrons. The first-order valence-electron chi connectivity index (χ1n) is 6.84. The van der Waals surface area contributed by atoms with Crippen molar-refractivity contribution in [2.75, 3.05) is 0 Å². The molecule has 0 aliphatic carbocycles. The zero-order valence-corrected chi connectivity index (χ0v) is 14.4. The monoisotopic (exact) mass is 342 g/mol. The molecule has 1 saturated heterocycles. The van der Waals surface area contributed by atoms with Crippen LogP contribution in [0.15, 0.2) is 30.3 Å². The molecular weight excluding hydrogens is 319 g/mol. The zero-order valence-electron chi connectivity index (χ0n) is 12.7. The van der Waals surface area contributed by atoms with E-state index in [1.54, 1.807) is 0 Å². The Labute approximate surface area is 127 Å². The Bertz CT molecular complexity index is 480. The number of ether oxygens (including phenoxy) is 2. The fraction of sp³-hybridized carbons (Fsp3) is 0.562. The van der Waals surface area contributed by atoms with Gasteiger partial charge in [-0.05, 0) is 0 Å². The molecule has 1 fully saturated rings. The Kier molecular flexibility index (Phi) is 4.29. The van der Waals surface area contributed by atoms with Crippen LogP contribution in [0.5, 0.6) is 0 Å². The third-order valence-corrected chi connectivity index (χ3v) is 6.50. The van der Waals surface area contributed by atoms with Crippen molar-refractivity contribution < 1.29 is 14.3 Å². The Hall–Kier alpha value is -0.831. The maximum atomic E-state index is 12.5. The van der Waals surface area contributed by atoms with Gasteiger partial charge in [-0.3, -0.25) is 0 Å². The molecule has 4 heteroatoms.